The largest absolute Gasteiger partial charge is 0.497 e. The Hall–Kier alpha value is -2.22. The molecule has 6 heteroatoms. The van der Waals surface area contributed by atoms with Crippen molar-refractivity contribution in [3.63, 3.8) is 0 Å². The van der Waals surface area contributed by atoms with E-state index >= 15 is 0 Å². The monoisotopic (exact) mass is 478 g/mol. The SMILES string of the molecule is CN=C(NCc1ccc(OC)cc1)NCc1ccc(N2CC=CC2)cc1.I. The molecule has 0 bridgehead atoms. The van der Waals surface area contributed by atoms with Gasteiger partial charge in [-0.25, -0.2) is 0 Å². The molecular weight excluding hydrogens is 451 g/mol. The van der Waals surface area contributed by atoms with Crippen LogP contribution in [0.25, 0.3) is 0 Å². The second-order valence-electron chi connectivity index (χ2n) is 6.17. The molecule has 0 saturated heterocycles. The molecule has 27 heavy (non-hydrogen) atoms. The van der Waals surface area contributed by atoms with Gasteiger partial charge >= 0.3 is 0 Å². The maximum absolute atomic E-state index is 5.18. The molecule has 0 unspecified atom stereocenters. The van der Waals surface area contributed by atoms with Gasteiger partial charge < -0.3 is 20.3 Å². The molecule has 1 aliphatic rings. The van der Waals surface area contributed by atoms with Crippen LogP contribution >= 0.6 is 24.0 Å². The lowest BCUT2D eigenvalue weighted by Crippen LogP contribution is -2.36. The molecule has 3 rings (SSSR count). The first-order valence-electron chi connectivity index (χ1n) is 8.85. The van der Waals surface area contributed by atoms with Crippen molar-refractivity contribution in [2.45, 2.75) is 13.1 Å². The summed E-state index contributed by atoms with van der Waals surface area (Å²) in [6, 6.07) is 16.7. The zero-order valence-electron chi connectivity index (χ0n) is 15.8. The molecule has 0 spiro atoms. The van der Waals surface area contributed by atoms with Crippen molar-refractivity contribution < 1.29 is 4.74 Å². The van der Waals surface area contributed by atoms with Crippen molar-refractivity contribution in [2.75, 3.05) is 32.1 Å². The molecule has 0 aromatic heterocycles. The van der Waals surface area contributed by atoms with Crippen molar-refractivity contribution >= 4 is 35.6 Å². The van der Waals surface area contributed by atoms with Crippen molar-refractivity contribution in [2.24, 2.45) is 4.99 Å². The number of methoxy groups -OCH3 is 1. The van der Waals surface area contributed by atoms with Crippen LogP contribution < -0.4 is 20.3 Å². The van der Waals surface area contributed by atoms with Crippen LogP contribution in [0.4, 0.5) is 5.69 Å². The molecular formula is C21H27IN4O. The average molecular weight is 478 g/mol. The number of benzene rings is 2. The molecule has 1 aliphatic heterocycles. The van der Waals surface area contributed by atoms with Crippen LogP contribution in [0.2, 0.25) is 0 Å². The predicted octanol–water partition coefficient (Wildman–Crippen LogP) is 3.55. The van der Waals surface area contributed by atoms with Crippen LogP contribution in [0, 0.1) is 0 Å². The summed E-state index contributed by atoms with van der Waals surface area (Å²) in [5.74, 6) is 1.65. The predicted molar refractivity (Wildman–Crippen MR) is 123 cm³/mol. The number of nitrogens with zero attached hydrogens (tertiary/aromatic N) is 2. The summed E-state index contributed by atoms with van der Waals surface area (Å²) in [5, 5.41) is 6.69. The van der Waals surface area contributed by atoms with Gasteiger partial charge in [-0.05, 0) is 35.4 Å². The van der Waals surface area contributed by atoms with Gasteiger partial charge in [-0.1, -0.05) is 36.4 Å². The average Bonchev–Trinajstić information content (AvgIpc) is 3.24. The van der Waals surface area contributed by atoms with Crippen LogP contribution in [0.5, 0.6) is 5.75 Å². The van der Waals surface area contributed by atoms with E-state index in [1.165, 1.54) is 16.8 Å². The number of guanidine groups is 1. The highest BCUT2D eigenvalue weighted by Crippen LogP contribution is 2.17. The molecule has 5 nitrogen and oxygen atoms in total. The molecule has 2 N–H and O–H groups in total. The molecule has 0 fully saturated rings. The minimum Gasteiger partial charge on any atom is -0.497 e. The third kappa shape index (κ3) is 6.16. The van der Waals surface area contributed by atoms with E-state index in [1.807, 2.05) is 24.3 Å². The van der Waals surface area contributed by atoms with E-state index in [-0.39, 0.29) is 24.0 Å². The number of aliphatic imine (C=N–C) groups is 1. The lowest BCUT2D eigenvalue weighted by Gasteiger charge is -2.18. The van der Waals surface area contributed by atoms with Gasteiger partial charge in [-0.15, -0.1) is 24.0 Å². The van der Waals surface area contributed by atoms with Gasteiger partial charge in [-0.3, -0.25) is 4.99 Å². The van der Waals surface area contributed by atoms with E-state index in [9.17, 15) is 0 Å². The maximum Gasteiger partial charge on any atom is 0.191 e. The highest BCUT2D eigenvalue weighted by Gasteiger charge is 2.07. The second-order valence-corrected chi connectivity index (χ2v) is 6.17. The first kappa shape index (κ1) is 21.1. The first-order valence-corrected chi connectivity index (χ1v) is 8.85. The number of nitrogens with one attached hydrogen (secondary N) is 2. The van der Waals surface area contributed by atoms with Gasteiger partial charge in [0.2, 0.25) is 0 Å². The van der Waals surface area contributed by atoms with Gasteiger partial charge in [0.25, 0.3) is 0 Å². The van der Waals surface area contributed by atoms with Crippen LogP contribution in [-0.4, -0.2) is 33.2 Å². The number of ether oxygens (including phenoxy) is 1. The Balaban J connectivity index is 0.00000261. The van der Waals surface area contributed by atoms with E-state index in [1.54, 1.807) is 14.2 Å². The van der Waals surface area contributed by atoms with Crippen LogP contribution in [0.3, 0.4) is 0 Å². The zero-order valence-corrected chi connectivity index (χ0v) is 18.1. The van der Waals surface area contributed by atoms with Gasteiger partial charge in [0.15, 0.2) is 5.96 Å². The fourth-order valence-corrected chi connectivity index (χ4v) is 2.85. The van der Waals surface area contributed by atoms with Crippen LogP contribution in [0.1, 0.15) is 11.1 Å². The van der Waals surface area contributed by atoms with E-state index in [0.717, 1.165) is 31.3 Å². The Morgan fingerprint density at radius 2 is 1.44 bits per heavy atom. The fourth-order valence-electron chi connectivity index (χ4n) is 2.85. The molecule has 1 heterocycles. The van der Waals surface area contributed by atoms with E-state index in [2.05, 4.69) is 56.9 Å². The van der Waals surface area contributed by atoms with Gasteiger partial charge in [0, 0.05) is 38.9 Å². The highest BCUT2D eigenvalue weighted by molar-refractivity contribution is 14.0. The standard InChI is InChI=1S/C21H26N4O.HI/c1-22-21(24-16-18-7-11-20(26-2)12-8-18)23-15-17-5-9-19(10-6-17)25-13-3-4-14-25;/h3-12H,13-16H2,1-2H3,(H2,22,23,24);1H. The van der Waals surface area contributed by atoms with E-state index < -0.39 is 0 Å². The molecule has 2 aromatic carbocycles. The van der Waals surface area contributed by atoms with E-state index in [0.29, 0.717) is 6.54 Å². The molecule has 0 radical (unpaired) electrons. The number of rotatable bonds is 6. The van der Waals surface area contributed by atoms with Crippen molar-refractivity contribution in [1.82, 2.24) is 10.6 Å². The molecule has 144 valence electrons. The van der Waals surface area contributed by atoms with Crippen molar-refractivity contribution in [3.05, 3.63) is 71.8 Å². The minimum atomic E-state index is 0. The topological polar surface area (TPSA) is 48.9 Å². The summed E-state index contributed by atoms with van der Waals surface area (Å²) in [6.45, 7) is 3.45. The Morgan fingerprint density at radius 3 is 1.93 bits per heavy atom. The smallest absolute Gasteiger partial charge is 0.191 e. The van der Waals surface area contributed by atoms with Gasteiger partial charge in [-0.2, -0.15) is 0 Å². The Labute approximate surface area is 178 Å². The lowest BCUT2D eigenvalue weighted by atomic mass is 10.2. The van der Waals surface area contributed by atoms with Crippen LogP contribution in [-0.2, 0) is 13.1 Å². The number of halogens is 1. The molecule has 0 aliphatic carbocycles. The molecule has 0 atom stereocenters. The zero-order chi connectivity index (χ0) is 18.2. The van der Waals surface area contributed by atoms with Crippen molar-refractivity contribution in [3.8, 4) is 5.75 Å². The third-order valence-electron chi connectivity index (χ3n) is 4.42. The fraction of sp³-hybridized carbons (Fsp3) is 0.286. The molecule has 2 aromatic rings. The maximum atomic E-state index is 5.18. The number of hydrogen-bond acceptors (Lipinski definition) is 3. The number of hydrogen-bond donors (Lipinski definition) is 2. The third-order valence-corrected chi connectivity index (χ3v) is 4.42. The Kier molecular flexibility index (Phi) is 8.44. The Morgan fingerprint density at radius 1 is 0.926 bits per heavy atom. The van der Waals surface area contributed by atoms with E-state index in [4.69, 9.17) is 4.74 Å². The van der Waals surface area contributed by atoms with Gasteiger partial charge in [0.05, 0.1) is 7.11 Å². The quantitative estimate of drug-likeness (QED) is 0.289. The van der Waals surface area contributed by atoms with Crippen molar-refractivity contribution in [1.29, 1.82) is 0 Å². The lowest BCUT2D eigenvalue weighted by molar-refractivity contribution is 0.414. The summed E-state index contributed by atoms with van der Waals surface area (Å²) in [7, 11) is 3.46. The summed E-state index contributed by atoms with van der Waals surface area (Å²) in [6.07, 6.45) is 4.40. The van der Waals surface area contributed by atoms with Crippen LogP contribution in [0.15, 0.2) is 65.7 Å². The normalized spacial score (nSPS) is 13.3. The second kappa shape index (κ2) is 10.8. The highest BCUT2D eigenvalue weighted by atomic mass is 127. The Bertz CT molecular complexity index is 749. The molecule has 0 saturated carbocycles. The molecule has 0 amide bonds. The first-order chi connectivity index (χ1) is 12.8. The summed E-state index contributed by atoms with van der Waals surface area (Å²) in [4.78, 5) is 6.63. The van der Waals surface area contributed by atoms with Gasteiger partial charge in [0.1, 0.15) is 5.75 Å². The summed E-state index contributed by atoms with van der Waals surface area (Å²) in [5.41, 5.74) is 3.67. The summed E-state index contributed by atoms with van der Waals surface area (Å²) < 4.78 is 5.18. The number of anilines is 1. The summed E-state index contributed by atoms with van der Waals surface area (Å²) >= 11 is 0. The minimum absolute atomic E-state index is 0.